The summed E-state index contributed by atoms with van der Waals surface area (Å²) in [5, 5.41) is 2.37. The summed E-state index contributed by atoms with van der Waals surface area (Å²) in [5.74, 6) is 0.445. The number of nitrogens with one attached hydrogen (secondary N) is 1. The molecule has 3 N–H and O–H groups in total. The lowest BCUT2D eigenvalue weighted by molar-refractivity contribution is 0.417. The van der Waals surface area contributed by atoms with Crippen molar-refractivity contribution in [2.24, 2.45) is 5.92 Å². The summed E-state index contributed by atoms with van der Waals surface area (Å²) in [6.07, 6.45) is 2.13. The van der Waals surface area contributed by atoms with E-state index in [0.29, 0.717) is 21.7 Å². The van der Waals surface area contributed by atoms with Crippen LogP contribution in [0.5, 0.6) is 0 Å². The predicted molar refractivity (Wildman–Crippen MR) is 110 cm³/mol. The summed E-state index contributed by atoms with van der Waals surface area (Å²) in [5.41, 5.74) is 7.89. The van der Waals surface area contributed by atoms with Gasteiger partial charge in [-0.15, -0.1) is 0 Å². The summed E-state index contributed by atoms with van der Waals surface area (Å²) in [6, 6.07) is 14.3. The Balaban J connectivity index is 1.76. The predicted octanol–water partition coefficient (Wildman–Crippen LogP) is 5.85. The van der Waals surface area contributed by atoms with Crippen molar-refractivity contribution in [1.82, 2.24) is 9.29 Å². The van der Waals surface area contributed by atoms with Gasteiger partial charge in [-0.05, 0) is 47.5 Å². The highest BCUT2D eigenvalue weighted by Gasteiger charge is 2.17. The quantitative estimate of drug-likeness (QED) is 0.407. The van der Waals surface area contributed by atoms with Crippen LogP contribution in [0.3, 0.4) is 0 Å². The number of aromatic nitrogens is 1. The Hall–Kier alpha value is -1.33. The van der Waals surface area contributed by atoms with Gasteiger partial charge in [-0.25, -0.2) is 0 Å². The molecule has 132 valence electrons. The Morgan fingerprint density at radius 2 is 1.92 bits per heavy atom. The fourth-order valence-corrected chi connectivity index (χ4v) is 4.29. The molecule has 1 aromatic heterocycles. The first kappa shape index (κ1) is 18.5. The first-order valence-electron chi connectivity index (χ1n) is 8.16. The van der Waals surface area contributed by atoms with Gasteiger partial charge in [0, 0.05) is 35.0 Å². The van der Waals surface area contributed by atoms with E-state index in [1.165, 1.54) is 22.9 Å². The number of para-hydroxylation sites is 1. The molecule has 1 atom stereocenters. The maximum Gasteiger partial charge on any atom is 0.0645 e. The number of nitrogens with zero attached hydrogens (tertiary/aromatic N) is 1. The second-order valence-corrected chi connectivity index (χ2v) is 8.10. The highest BCUT2D eigenvalue weighted by atomic mass is 35.5. The molecule has 3 rings (SSSR count). The second-order valence-electron chi connectivity index (χ2n) is 6.40. The van der Waals surface area contributed by atoms with Crippen LogP contribution in [-0.4, -0.2) is 10.6 Å². The molecule has 0 aliphatic heterocycles. The smallest absolute Gasteiger partial charge is 0.0645 e. The largest absolute Gasteiger partial charge is 0.398 e. The van der Waals surface area contributed by atoms with Crippen molar-refractivity contribution in [3.05, 3.63) is 58.7 Å². The van der Waals surface area contributed by atoms with Gasteiger partial charge in [0.2, 0.25) is 0 Å². The second kappa shape index (κ2) is 7.92. The number of hydrogen-bond acceptors (Lipinski definition) is 3. The minimum absolute atomic E-state index is 0.256. The fraction of sp³-hybridized carbons (Fsp3) is 0.263. The molecule has 2 aromatic carbocycles. The van der Waals surface area contributed by atoms with Crippen molar-refractivity contribution in [3.8, 4) is 0 Å². The molecule has 0 aliphatic rings. The van der Waals surface area contributed by atoms with Crippen molar-refractivity contribution in [1.29, 1.82) is 0 Å². The number of fused-ring (bicyclic) bond motifs is 1. The standard InChI is InChI=1S/C19H21Cl2N3S/c1-12(2)17(11-24-8-7-13-5-3-4-6-18(13)24)23-25-19-15(21)9-14(20)10-16(19)22/h3-10,12,17,23H,11,22H2,1-2H3. The maximum absolute atomic E-state index is 6.29. The van der Waals surface area contributed by atoms with E-state index in [2.05, 4.69) is 59.7 Å². The van der Waals surface area contributed by atoms with Gasteiger partial charge in [0.25, 0.3) is 0 Å². The molecule has 0 saturated carbocycles. The highest BCUT2D eigenvalue weighted by Crippen LogP contribution is 2.34. The zero-order valence-electron chi connectivity index (χ0n) is 14.2. The van der Waals surface area contributed by atoms with E-state index in [-0.39, 0.29) is 6.04 Å². The average Bonchev–Trinajstić information content (AvgIpc) is 2.95. The molecule has 0 radical (unpaired) electrons. The van der Waals surface area contributed by atoms with Crippen LogP contribution in [-0.2, 0) is 6.54 Å². The maximum atomic E-state index is 6.29. The first-order valence-corrected chi connectivity index (χ1v) is 9.73. The van der Waals surface area contributed by atoms with E-state index in [9.17, 15) is 0 Å². The molecule has 0 aliphatic carbocycles. The monoisotopic (exact) mass is 393 g/mol. The van der Waals surface area contributed by atoms with Crippen LogP contribution in [0.25, 0.3) is 10.9 Å². The van der Waals surface area contributed by atoms with Crippen LogP contribution in [0.2, 0.25) is 10.0 Å². The Kier molecular flexibility index (Phi) is 5.85. The van der Waals surface area contributed by atoms with Crippen molar-refractivity contribution in [3.63, 3.8) is 0 Å². The van der Waals surface area contributed by atoms with Gasteiger partial charge in [0.1, 0.15) is 0 Å². The molecule has 3 nitrogen and oxygen atoms in total. The molecule has 0 saturated heterocycles. The number of rotatable bonds is 6. The molecule has 25 heavy (non-hydrogen) atoms. The van der Waals surface area contributed by atoms with Gasteiger partial charge in [-0.2, -0.15) is 0 Å². The lowest BCUT2D eigenvalue weighted by Crippen LogP contribution is -2.33. The SMILES string of the molecule is CC(C)C(Cn1ccc2ccccc21)NSc1c(N)cc(Cl)cc1Cl. The third-order valence-corrected chi connectivity index (χ3v) is 5.94. The third kappa shape index (κ3) is 4.26. The Morgan fingerprint density at radius 3 is 2.64 bits per heavy atom. The minimum atomic E-state index is 0.256. The number of hydrogen-bond donors (Lipinski definition) is 2. The molecule has 0 fully saturated rings. The van der Waals surface area contributed by atoms with E-state index in [1.807, 2.05) is 0 Å². The lowest BCUT2D eigenvalue weighted by atomic mass is 10.1. The van der Waals surface area contributed by atoms with Gasteiger partial charge in [0.15, 0.2) is 0 Å². The van der Waals surface area contributed by atoms with Crippen LogP contribution in [0.15, 0.2) is 53.6 Å². The van der Waals surface area contributed by atoms with E-state index >= 15 is 0 Å². The summed E-state index contributed by atoms with van der Waals surface area (Å²) < 4.78 is 5.81. The zero-order chi connectivity index (χ0) is 18.0. The number of nitrogens with two attached hydrogens (primary N) is 1. The van der Waals surface area contributed by atoms with Crippen LogP contribution < -0.4 is 10.5 Å². The molecule has 3 aromatic rings. The van der Waals surface area contributed by atoms with Crippen LogP contribution >= 0.6 is 35.1 Å². The summed E-state index contributed by atoms with van der Waals surface area (Å²) >= 11 is 13.7. The minimum Gasteiger partial charge on any atom is -0.398 e. The van der Waals surface area contributed by atoms with Gasteiger partial charge in [-0.1, -0.05) is 55.2 Å². The molecule has 0 spiro atoms. The van der Waals surface area contributed by atoms with Crippen LogP contribution in [0.1, 0.15) is 13.8 Å². The topological polar surface area (TPSA) is 43.0 Å². The third-order valence-electron chi connectivity index (χ3n) is 4.23. The van der Waals surface area contributed by atoms with Crippen molar-refractivity contribution in [2.45, 2.75) is 31.3 Å². The molecule has 6 heteroatoms. The van der Waals surface area contributed by atoms with E-state index in [0.717, 1.165) is 11.4 Å². The Bertz CT molecular complexity index is 853. The first-order chi connectivity index (χ1) is 12.0. The van der Waals surface area contributed by atoms with Crippen LogP contribution in [0.4, 0.5) is 5.69 Å². The lowest BCUT2D eigenvalue weighted by Gasteiger charge is -2.23. The molecule has 1 heterocycles. The summed E-state index contributed by atoms with van der Waals surface area (Å²) in [4.78, 5) is 0.814. The van der Waals surface area contributed by atoms with Crippen molar-refractivity contribution in [2.75, 3.05) is 5.73 Å². The van der Waals surface area contributed by atoms with Gasteiger partial charge in [0.05, 0.1) is 9.92 Å². The normalized spacial score (nSPS) is 12.8. The number of nitrogen functional groups attached to an aromatic ring is 1. The Morgan fingerprint density at radius 1 is 1.16 bits per heavy atom. The molecule has 0 amide bonds. The highest BCUT2D eigenvalue weighted by molar-refractivity contribution is 7.97. The van der Waals surface area contributed by atoms with Crippen LogP contribution in [0, 0.1) is 5.92 Å². The van der Waals surface area contributed by atoms with E-state index in [4.69, 9.17) is 28.9 Å². The van der Waals surface area contributed by atoms with Gasteiger partial charge in [-0.3, -0.25) is 4.72 Å². The molecule has 1 unspecified atom stereocenters. The number of halogens is 2. The van der Waals surface area contributed by atoms with E-state index in [1.54, 1.807) is 12.1 Å². The average molecular weight is 394 g/mol. The Labute approximate surface area is 162 Å². The zero-order valence-corrected chi connectivity index (χ0v) is 16.5. The van der Waals surface area contributed by atoms with E-state index < -0.39 is 0 Å². The van der Waals surface area contributed by atoms with Crippen molar-refractivity contribution >= 4 is 51.7 Å². The molecule has 0 bridgehead atoms. The molecular formula is C19H21Cl2N3S. The number of anilines is 1. The fourth-order valence-electron chi connectivity index (χ4n) is 2.72. The summed E-state index contributed by atoms with van der Waals surface area (Å²) in [6.45, 7) is 5.27. The summed E-state index contributed by atoms with van der Waals surface area (Å²) in [7, 11) is 0. The van der Waals surface area contributed by atoms with Gasteiger partial charge >= 0.3 is 0 Å². The van der Waals surface area contributed by atoms with Crippen molar-refractivity contribution < 1.29 is 0 Å². The molecular weight excluding hydrogens is 373 g/mol. The van der Waals surface area contributed by atoms with Gasteiger partial charge < -0.3 is 10.3 Å². The number of benzene rings is 2.